The first-order valence-electron chi connectivity index (χ1n) is 4.05. The lowest BCUT2D eigenvalue weighted by Crippen LogP contribution is -2.51. The van der Waals surface area contributed by atoms with E-state index in [1.807, 2.05) is 0 Å². The van der Waals surface area contributed by atoms with E-state index in [-0.39, 0.29) is 5.75 Å². The molecular formula is C9H8F3NO. The summed E-state index contributed by atoms with van der Waals surface area (Å²) in [5, 5.41) is 2.30. The van der Waals surface area contributed by atoms with Crippen LogP contribution in [0.1, 0.15) is 6.92 Å². The highest BCUT2D eigenvalue weighted by Gasteiger charge is 2.57. The number of nitrogens with one attached hydrogen (secondary N) is 1. The smallest absolute Gasteiger partial charge is 0.448 e. The van der Waals surface area contributed by atoms with Crippen LogP contribution in [0.2, 0.25) is 0 Å². The zero-order valence-electron chi connectivity index (χ0n) is 7.35. The number of fused-ring (bicyclic) bond motifs is 1. The van der Waals surface area contributed by atoms with E-state index >= 15 is 0 Å². The van der Waals surface area contributed by atoms with Crippen molar-refractivity contribution in [3.05, 3.63) is 24.3 Å². The SMILES string of the molecule is CC1(C(F)(F)F)Nc2ccccc2O1. The third-order valence-corrected chi connectivity index (χ3v) is 2.12. The Balaban J connectivity index is 2.35. The summed E-state index contributed by atoms with van der Waals surface area (Å²) in [7, 11) is 0. The Labute approximate surface area is 78.7 Å². The standard InChI is InChI=1S/C9H8F3NO/c1-8(9(10,11)12)13-6-4-2-3-5-7(6)14-8/h2-5,13H,1H3. The molecule has 2 nitrogen and oxygen atoms in total. The minimum absolute atomic E-state index is 0.229. The first-order chi connectivity index (χ1) is 6.42. The first-order valence-corrected chi connectivity index (χ1v) is 4.05. The van der Waals surface area contributed by atoms with Gasteiger partial charge in [-0.3, -0.25) is 0 Å². The Hall–Kier alpha value is -1.39. The lowest BCUT2D eigenvalue weighted by atomic mass is 10.2. The van der Waals surface area contributed by atoms with E-state index in [0.29, 0.717) is 5.69 Å². The summed E-state index contributed by atoms with van der Waals surface area (Å²) in [4.78, 5) is 0. The summed E-state index contributed by atoms with van der Waals surface area (Å²) in [6, 6.07) is 6.32. The molecular weight excluding hydrogens is 195 g/mol. The monoisotopic (exact) mass is 203 g/mol. The summed E-state index contributed by atoms with van der Waals surface area (Å²) in [5.74, 6) is 0.229. The van der Waals surface area contributed by atoms with Gasteiger partial charge in [0.15, 0.2) is 0 Å². The minimum Gasteiger partial charge on any atom is -0.456 e. The van der Waals surface area contributed by atoms with Crippen molar-refractivity contribution in [2.24, 2.45) is 0 Å². The lowest BCUT2D eigenvalue weighted by Gasteiger charge is -2.26. The Morgan fingerprint density at radius 1 is 1.29 bits per heavy atom. The zero-order valence-corrected chi connectivity index (χ0v) is 7.35. The molecule has 1 N–H and O–H groups in total. The highest BCUT2D eigenvalue weighted by molar-refractivity contribution is 5.61. The average molecular weight is 203 g/mol. The third-order valence-electron chi connectivity index (χ3n) is 2.12. The maximum atomic E-state index is 12.5. The van der Waals surface area contributed by atoms with Crippen LogP contribution in [0.25, 0.3) is 0 Å². The van der Waals surface area contributed by atoms with Crippen molar-refractivity contribution in [3.8, 4) is 5.75 Å². The van der Waals surface area contributed by atoms with Gasteiger partial charge in [-0.2, -0.15) is 13.2 Å². The fourth-order valence-corrected chi connectivity index (χ4v) is 1.29. The van der Waals surface area contributed by atoms with Crippen LogP contribution < -0.4 is 10.1 Å². The van der Waals surface area contributed by atoms with Gasteiger partial charge in [0.05, 0.1) is 5.69 Å². The van der Waals surface area contributed by atoms with Gasteiger partial charge in [0.1, 0.15) is 5.75 Å². The minimum atomic E-state index is -4.44. The second-order valence-corrected chi connectivity index (χ2v) is 3.25. The average Bonchev–Trinajstić information content (AvgIpc) is 2.40. The van der Waals surface area contributed by atoms with E-state index in [1.165, 1.54) is 6.07 Å². The number of rotatable bonds is 0. The maximum Gasteiger partial charge on any atom is 0.448 e. The molecule has 0 saturated heterocycles. The molecule has 76 valence electrons. The summed E-state index contributed by atoms with van der Waals surface area (Å²) in [6.45, 7) is 0.965. The van der Waals surface area contributed by atoms with Crippen molar-refractivity contribution < 1.29 is 17.9 Å². The molecule has 5 heteroatoms. The van der Waals surface area contributed by atoms with Gasteiger partial charge in [-0.25, -0.2) is 0 Å². The van der Waals surface area contributed by atoms with Gasteiger partial charge in [-0.05, 0) is 12.1 Å². The molecule has 1 aliphatic heterocycles. The molecule has 0 spiro atoms. The molecule has 1 atom stereocenters. The molecule has 1 aromatic carbocycles. The molecule has 0 amide bonds. The van der Waals surface area contributed by atoms with Crippen LogP contribution in [0, 0.1) is 0 Å². The molecule has 1 heterocycles. The number of para-hydroxylation sites is 2. The van der Waals surface area contributed by atoms with Crippen molar-refractivity contribution in [1.29, 1.82) is 0 Å². The van der Waals surface area contributed by atoms with Crippen molar-refractivity contribution in [2.45, 2.75) is 18.8 Å². The Morgan fingerprint density at radius 2 is 1.93 bits per heavy atom. The van der Waals surface area contributed by atoms with E-state index in [9.17, 15) is 13.2 Å². The number of benzene rings is 1. The highest BCUT2D eigenvalue weighted by Crippen LogP contribution is 2.43. The largest absolute Gasteiger partial charge is 0.456 e. The second kappa shape index (κ2) is 2.56. The fraction of sp³-hybridized carbons (Fsp3) is 0.333. The zero-order chi connectivity index (χ0) is 10.4. The van der Waals surface area contributed by atoms with Gasteiger partial charge >= 0.3 is 6.18 Å². The van der Waals surface area contributed by atoms with Gasteiger partial charge in [0.2, 0.25) is 0 Å². The number of hydrogen-bond acceptors (Lipinski definition) is 2. The molecule has 0 saturated carbocycles. The van der Waals surface area contributed by atoms with Gasteiger partial charge in [0, 0.05) is 6.92 Å². The summed E-state index contributed by atoms with van der Waals surface area (Å²) < 4.78 is 42.4. The molecule has 1 unspecified atom stereocenters. The second-order valence-electron chi connectivity index (χ2n) is 3.25. The number of halogens is 3. The van der Waals surface area contributed by atoms with Gasteiger partial charge in [-0.15, -0.1) is 0 Å². The third kappa shape index (κ3) is 1.20. The van der Waals surface area contributed by atoms with Crippen molar-refractivity contribution >= 4 is 5.69 Å². The number of ether oxygens (including phenoxy) is 1. The Bertz CT molecular complexity index is 336. The quantitative estimate of drug-likeness (QED) is 0.700. The molecule has 1 aromatic rings. The lowest BCUT2D eigenvalue weighted by molar-refractivity contribution is -0.225. The topological polar surface area (TPSA) is 21.3 Å². The van der Waals surface area contributed by atoms with E-state index in [1.54, 1.807) is 18.2 Å². The first kappa shape index (κ1) is 9.18. The fourth-order valence-electron chi connectivity index (χ4n) is 1.29. The molecule has 0 aromatic heterocycles. The molecule has 1 aliphatic rings. The van der Waals surface area contributed by atoms with E-state index in [2.05, 4.69) is 5.32 Å². The summed E-state index contributed by atoms with van der Waals surface area (Å²) in [6.07, 6.45) is -4.44. The normalized spacial score (nSPS) is 25.1. The summed E-state index contributed by atoms with van der Waals surface area (Å²) >= 11 is 0. The van der Waals surface area contributed by atoms with E-state index in [4.69, 9.17) is 4.74 Å². The van der Waals surface area contributed by atoms with Crippen LogP contribution in [0.3, 0.4) is 0 Å². The van der Waals surface area contributed by atoms with E-state index in [0.717, 1.165) is 6.92 Å². The van der Waals surface area contributed by atoms with Crippen LogP contribution in [0.4, 0.5) is 18.9 Å². The highest BCUT2D eigenvalue weighted by atomic mass is 19.4. The molecule has 0 bridgehead atoms. The van der Waals surface area contributed by atoms with Crippen molar-refractivity contribution in [1.82, 2.24) is 0 Å². The Kier molecular flexibility index (Phi) is 1.68. The van der Waals surface area contributed by atoms with Gasteiger partial charge in [0.25, 0.3) is 5.72 Å². The van der Waals surface area contributed by atoms with Crippen LogP contribution in [-0.2, 0) is 0 Å². The summed E-state index contributed by atoms with van der Waals surface area (Å²) in [5.41, 5.74) is -1.94. The molecule has 2 rings (SSSR count). The molecule has 14 heavy (non-hydrogen) atoms. The van der Waals surface area contributed by atoms with Crippen LogP contribution in [0.5, 0.6) is 5.75 Å². The molecule has 0 aliphatic carbocycles. The van der Waals surface area contributed by atoms with Crippen LogP contribution >= 0.6 is 0 Å². The predicted molar refractivity (Wildman–Crippen MR) is 45.2 cm³/mol. The van der Waals surface area contributed by atoms with Crippen molar-refractivity contribution in [2.75, 3.05) is 5.32 Å². The predicted octanol–water partition coefficient (Wildman–Crippen LogP) is 2.77. The number of anilines is 1. The number of alkyl halides is 3. The molecule has 0 radical (unpaired) electrons. The maximum absolute atomic E-state index is 12.5. The van der Waals surface area contributed by atoms with Crippen LogP contribution in [-0.4, -0.2) is 11.9 Å². The van der Waals surface area contributed by atoms with Crippen LogP contribution in [0.15, 0.2) is 24.3 Å². The molecule has 0 fully saturated rings. The van der Waals surface area contributed by atoms with E-state index < -0.39 is 11.9 Å². The number of hydrogen-bond donors (Lipinski definition) is 1. The van der Waals surface area contributed by atoms with Gasteiger partial charge in [-0.1, -0.05) is 12.1 Å². The Morgan fingerprint density at radius 3 is 2.50 bits per heavy atom. The van der Waals surface area contributed by atoms with Crippen molar-refractivity contribution in [3.63, 3.8) is 0 Å². The van der Waals surface area contributed by atoms with Gasteiger partial charge < -0.3 is 10.1 Å².